The quantitative estimate of drug-likeness (QED) is 0.369. The standard InChI is InChI=1S/C18H16O6.Mg.2H/c1-11(2)17(21)23-9-10-24-18(22)15-13-6-4-3-5-12(13)7-8-14(15)16(19)20;;;/h3-8H,1,9-10H2,2H3,(H,19,20);;;. The smallest absolute Gasteiger partial charge is 0.339 e. The van der Waals surface area contributed by atoms with Gasteiger partial charge in [-0.25, -0.2) is 14.4 Å². The first-order valence-electron chi connectivity index (χ1n) is 7.16. The number of carboxylic acid groups (broad SMARTS) is 1. The molecule has 0 amide bonds. The molecule has 6 nitrogen and oxygen atoms in total. The number of carbonyl (C=O) groups excluding carboxylic acids is 2. The molecule has 2 aromatic carbocycles. The highest BCUT2D eigenvalue weighted by Gasteiger charge is 2.21. The minimum Gasteiger partial charge on any atom is -0.478 e. The van der Waals surface area contributed by atoms with Gasteiger partial charge in [-0.3, -0.25) is 0 Å². The Kier molecular flexibility index (Phi) is 7.60. The summed E-state index contributed by atoms with van der Waals surface area (Å²) in [5, 5.41) is 10.5. The Balaban J connectivity index is 0.00000312. The van der Waals surface area contributed by atoms with Gasteiger partial charge in [-0.05, 0) is 23.8 Å². The molecule has 25 heavy (non-hydrogen) atoms. The summed E-state index contributed by atoms with van der Waals surface area (Å²) in [7, 11) is 0. The number of hydrogen-bond donors (Lipinski definition) is 1. The Hall–Kier alpha value is -2.38. The average Bonchev–Trinajstić information content (AvgIpc) is 2.56. The van der Waals surface area contributed by atoms with Crippen LogP contribution in [-0.4, -0.2) is 59.3 Å². The van der Waals surface area contributed by atoms with Gasteiger partial charge < -0.3 is 14.6 Å². The van der Waals surface area contributed by atoms with Crippen molar-refractivity contribution >= 4 is 51.7 Å². The second-order valence-electron chi connectivity index (χ2n) is 5.07. The number of fused-ring (bicyclic) bond motifs is 1. The fourth-order valence-corrected chi connectivity index (χ4v) is 2.13. The van der Waals surface area contributed by atoms with E-state index in [1.165, 1.54) is 13.0 Å². The predicted molar refractivity (Wildman–Crippen MR) is 95.5 cm³/mol. The molecule has 7 heteroatoms. The Morgan fingerprint density at radius 2 is 1.68 bits per heavy atom. The Morgan fingerprint density at radius 3 is 2.32 bits per heavy atom. The van der Waals surface area contributed by atoms with Gasteiger partial charge in [0.05, 0.1) is 11.1 Å². The fraction of sp³-hybridized carbons (Fsp3) is 0.167. The van der Waals surface area contributed by atoms with E-state index in [1.54, 1.807) is 30.3 Å². The van der Waals surface area contributed by atoms with E-state index in [-0.39, 0.29) is 53.0 Å². The molecule has 1 N–H and O–H groups in total. The lowest BCUT2D eigenvalue weighted by Crippen LogP contribution is -2.17. The van der Waals surface area contributed by atoms with Gasteiger partial charge in [0.1, 0.15) is 13.2 Å². The highest BCUT2D eigenvalue weighted by molar-refractivity contribution is 6.12. The Labute approximate surface area is 160 Å². The van der Waals surface area contributed by atoms with E-state index in [4.69, 9.17) is 9.47 Å². The summed E-state index contributed by atoms with van der Waals surface area (Å²) >= 11 is 0. The third-order valence-electron chi connectivity index (χ3n) is 3.26. The second-order valence-corrected chi connectivity index (χ2v) is 5.07. The van der Waals surface area contributed by atoms with Crippen LogP contribution in [0.3, 0.4) is 0 Å². The first-order chi connectivity index (χ1) is 11.4. The topological polar surface area (TPSA) is 89.9 Å². The van der Waals surface area contributed by atoms with E-state index in [1.807, 2.05) is 0 Å². The van der Waals surface area contributed by atoms with Crippen LogP contribution in [0.5, 0.6) is 0 Å². The molecule has 0 aromatic heterocycles. The highest BCUT2D eigenvalue weighted by atomic mass is 24.3. The van der Waals surface area contributed by atoms with Crippen molar-refractivity contribution < 1.29 is 29.0 Å². The lowest BCUT2D eigenvalue weighted by molar-refractivity contribution is -0.140. The number of aromatic carboxylic acids is 1. The molecule has 0 aliphatic rings. The molecular formula is C18H18MgO6. The first kappa shape index (κ1) is 20.7. The van der Waals surface area contributed by atoms with E-state index < -0.39 is 17.9 Å². The van der Waals surface area contributed by atoms with Crippen molar-refractivity contribution in [2.24, 2.45) is 0 Å². The van der Waals surface area contributed by atoms with Crippen LogP contribution in [0.2, 0.25) is 0 Å². The number of ether oxygens (including phenoxy) is 2. The normalized spacial score (nSPS) is 9.80. The van der Waals surface area contributed by atoms with Crippen LogP contribution in [-0.2, 0) is 14.3 Å². The van der Waals surface area contributed by atoms with E-state index >= 15 is 0 Å². The minimum absolute atomic E-state index is 0. The van der Waals surface area contributed by atoms with E-state index in [2.05, 4.69) is 6.58 Å². The molecular weight excluding hydrogens is 336 g/mol. The molecule has 0 unspecified atom stereocenters. The van der Waals surface area contributed by atoms with Gasteiger partial charge in [-0.15, -0.1) is 0 Å². The zero-order valence-corrected chi connectivity index (χ0v) is 13.1. The van der Waals surface area contributed by atoms with Crippen molar-refractivity contribution in [3.05, 3.63) is 59.7 Å². The lowest BCUT2D eigenvalue weighted by Gasteiger charge is -2.11. The fourth-order valence-electron chi connectivity index (χ4n) is 2.13. The van der Waals surface area contributed by atoms with Crippen molar-refractivity contribution in [2.45, 2.75) is 6.92 Å². The summed E-state index contributed by atoms with van der Waals surface area (Å²) in [6.45, 7) is 4.62. The number of hydrogen-bond acceptors (Lipinski definition) is 5. The third-order valence-corrected chi connectivity index (χ3v) is 3.26. The summed E-state index contributed by atoms with van der Waals surface area (Å²) in [5.74, 6) is -2.58. The lowest BCUT2D eigenvalue weighted by atomic mass is 9.99. The van der Waals surface area contributed by atoms with Crippen molar-refractivity contribution in [1.82, 2.24) is 0 Å². The maximum absolute atomic E-state index is 12.3. The molecule has 0 atom stereocenters. The molecule has 2 rings (SSSR count). The molecule has 0 spiro atoms. The molecule has 0 heterocycles. The van der Waals surface area contributed by atoms with Crippen LogP contribution in [0.4, 0.5) is 0 Å². The number of benzene rings is 2. The van der Waals surface area contributed by atoms with Gasteiger partial charge in [-0.1, -0.05) is 36.9 Å². The molecule has 0 aliphatic heterocycles. The molecule has 0 fully saturated rings. The molecule has 0 bridgehead atoms. The van der Waals surface area contributed by atoms with Crippen molar-refractivity contribution in [3.8, 4) is 0 Å². The highest BCUT2D eigenvalue weighted by Crippen LogP contribution is 2.23. The van der Waals surface area contributed by atoms with Crippen molar-refractivity contribution in [2.75, 3.05) is 13.2 Å². The first-order valence-corrected chi connectivity index (χ1v) is 7.16. The molecule has 0 radical (unpaired) electrons. The van der Waals surface area contributed by atoms with Gasteiger partial charge in [0.25, 0.3) is 0 Å². The Morgan fingerprint density at radius 1 is 1.04 bits per heavy atom. The molecule has 0 saturated heterocycles. The van der Waals surface area contributed by atoms with Crippen molar-refractivity contribution in [1.29, 1.82) is 0 Å². The Bertz CT molecular complexity index is 827. The van der Waals surface area contributed by atoms with Gasteiger partial charge >= 0.3 is 41.0 Å². The van der Waals surface area contributed by atoms with E-state index in [9.17, 15) is 19.5 Å². The van der Waals surface area contributed by atoms with Crippen LogP contribution in [0.15, 0.2) is 48.6 Å². The SMILES string of the molecule is C=C(C)C(=O)OCCOC(=O)c1c(C(=O)O)ccc2ccccc12.[MgH2]. The zero-order chi connectivity index (χ0) is 17.7. The molecule has 0 saturated carbocycles. The maximum Gasteiger partial charge on any atom is 0.339 e. The van der Waals surface area contributed by atoms with Crippen LogP contribution in [0, 0.1) is 0 Å². The predicted octanol–water partition coefficient (Wildman–Crippen LogP) is 1.90. The van der Waals surface area contributed by atoms with E-state index in [0.29, 0.717) is 5.39 Å². The summed E-state index contributed by atoms with van der Waals surface area (Å²) in [5.41, 5.74) is 0.0769. The average molecular weight is 355 g/mol. The van der Waals surface area contributed by atoms with Crippen LogP contribution in [0.1, 0.15) is 27.6 Å². The van der Waals surface area contributed by atoms with Crippen LogP contribution < -0.4 is 0 Å². The zero-order valence-electron chi connectivity index (χ0n) is 13.1. The minimum atomic E-state index is -1.22. The summed E-state index contributed by atoms with van der Waals surface area (Å²) in [4.78, 5) is 34.9. The maximum atomic E-state index is 12.3. The summed E-state index contributed by atoms with van der Waals surface area (Å²) in [6, 6.07) is 9.91. The number of rotatable bonds is 6. The molecule has 0 aliphatic carbocycles. The number of carbonyl (C=O) groups is 3. The van der Waals surface area contributed by atoms with Gasteiger partial charge in [0, 0.05) is 5.57 Å². The summed E-state index contributed by atoms with van der Waals surface area (Å²) < 4.78 is 9.87. The van der Waals surface area contributed by atoms with Crippen LogP contribution >= 0.6 is 0 Å². The largest absolute Gasteiger partial charge is 0.478 e. The summed E-state index contributed by atoms with van der Waals surface area (Å²) in [6.07, 6.45) is 0. The second kappa shape index (κ2) is 9.19. The van der Waals surface area contributed by atoms with Crippen LogP contribution in [0.25, 0.3) is 10.8 Å². The molecule has 128 valence electrons. The number of carboxylic acids is 1. The monoisotopic (exact) mass is 354 g/mol. The molecule has 2 aromatic rings. The van der Waals surface area contributed by atoms with Gasteiger partial charge in [-0.2, -0.15) is 0 Å². The van der Waals surface area contributed by atoms with E-state index in [0.717, 1.165) is 5.39 Å². The van der Waals surface area contributed by atoms with Crippen molar-refractivity contribution in [3.63, 3.8) is 0 Å². The van der Waals surface area contributed by atoms with Gasteiger partial charge in [0.15, 0.2) is 0 Å². The van der Waals surface area contributed by atoms with Gasteiger partial charge in [0.2, 0.25) is 0 Å². The third kappa shape index (κ3) is 5.04. The number of esters is 2.